The molecule has 0 saturated heterocycles. The molecule has 0 aliphatic carbocycles. The molecule has 0 spiro atoms. The van der Waals surface area contributed by atoms with Crippen LogP contribution in [0.25, 0.3) is 0 Å². The number of nitrogens with one attached hydrogen (secondary N) is 2. The number of carboxylic acid groups (broad SMARTS) is 1. The number of aliphatic carboxylic acids is 1. The van der Waals surface area contributed by atoms with Crippen molar-refractivity contribution in [1.82, 2.24) is 0 Å². The summed E-state index contributed by atoms with van der Waals surface area (Å²) in [4.78, 5) is 12.6. The number of hydrogen-bond donors (Lipinski definition) is 4. The van der Waals surface area contributed by atoms with Crippen LogP contribution in [0, 0.1) is 5.41 Å². The molecule has 0 bridgehead atoms. The summed E-state index contributed by atoms with van der Waals surface area (Å²) in [6.45, 7) is 0. The lowest BCUT2D eigenvalue weighted by Crippen LogP contribution is -2.20. The normalized spacial score (nSPS) is 11.2. The van der Waals surface area contributed by atoms with Gasteiger partial charge in [0.2, 0.25) is 0 Å². The molecule has 2 aromatic carbocycles. The van der Waals surface area contributed by atoms with Crippen molar-refractivity contribution in [2.45, 2.75) is 10.9 Å². The van der Waals surface area contributed by atoms with Gasteiger partial charge in [-0.15, -0.1) is 24.2 Å². The van der Waals surface area contributed by atoms with Crippen LogP contribution in [0.15, 0.2) is 53.4 Å². The van der Waals surface area contributed by atoms with Gasteiger partial charge in [-0.25, -0.2) is 4.79 Å². The van der Waals surface area contributed by atoms with Crippen LogP contribution in [0.2, 0.25) is 0 Å². The van der Waals surface area contributed by atoms with Crippen molar-refractivity contribution in [2.75, 3.05) is 11.6 Å². The summed E-state index contributed by atoms with van der Waals surface area (Å²) in [5.74, 6) is -0.970. The van der Waals surface area contributed by atoms with Crippen molar-refractivity contribution in [1.29, 1.82) is 5.41 Å². The van der Waals surface area contributed by atoms with E-state index in [1.165, 1.54) is 0 Å². The van der Waals surface area contributed by atoms with Crippen LogP contribution in [0.3, 0.4) is 0 Å². The molecule has 1 unspecified atom stereocenters. The van der Waals surface area contributed by atoms with Gasteiger partial charge in [0.1, 0.15) is 5.84 Å². The standard InChI is InChI=1S/C16H17N3O2S.ClH/c1-22-13-4-2-3-11(9-13)14(16(20)21)19-12-7-5-10(6-8-12)15(17)18;/h2-9,14,19H,1H3,(H3,17,18)(H,20,21);1H. The predicted molar refractivity (Wildman–Crippen MR) is 96.9 cm³/mol. The molecule has 23 heavy (non-hydrogen) atoms. The van der Waals surface area contributed by atoms with E-state index in [0.717, 1.165) is 4.90 Å². The van der Waals surface area contributed by atoms with Gasteiger partial charge in [0.25, 0.3) is 0 Å². The van der Waals surface area contributed by atoms with E-state index in [4.69, 9.17) is 11.1 Å². The fourth-order valence-corrected chi connectivity index (χ4v) is 2.49. The maximum atomic E-state index is 11.6. The molecule has 2 rings (SSSR count). The zero-order valence-corrected chi connectivity index (χ0v) is 14.1. The maximum Gasteiger partial charge on any atom is 0.330 e. The number of nitrogens with two attached hydrogens (primary N) is 1. The molecule has 0 aliphatic rings. The molecule has 0 amide bonds. The summed E-state index contributed by atoms with van der Waals surface area (Å²) in [5, 5.41) is 19.8. The quantitative estimate of drug-likeness (QED) is 0.363. The summed E-state index contributed by atoms with van der Waals surface area (Å²) in [7, 11) is 0. The number of thioether (sulfide) groups is 1. The Hall–Kier alpha value is -2.18. The topological polar surface area (TPSA) is 99.2 Å². The van der Waals surface area contributed by atoms with E-state index in [0.29, 0.717) is 16.8 Å². The van der Waals surface area contributed by atoms with Crippen molar-refractivity contribution in [3.05, 3.63) is 59.7 Å². The smallest absolute Gasteiger partial charge is 0.330 e. The van der Waals surface area contributed by atoms with Gasteiger partial charge in [-0.3, -0.25) is 5.41 Å². The molecule has 5 nitrogen and oxygen atoms in total. The highest BCUT2D eigenvalue weighted by Crippen LogP contribution is 2.24. The number of halogens is 1. The molecule has 2 aromatic rings. The van der Waals surface area contributed by atoms with Crippen LogP contribution in [-0.4, -0.2) is 23.2 Å². The van der Waals surface area contributed by atoms with E-state index in [2.05, 4.69) is 5.32 Å². The lowest BCUT2D eigenvalue weighted by atomic mass is 10.1. The number of carbonyl (C=O) groups is 1. The maximum absolute atomic E-state index is 11.6. The van der Waals surface area contributed by atoms with Gasteiger partial charge in [0, 0.05) is 16.1 Å². The van der Waals surface area contributed by atoms with Gasteiger partial charge in [-0.05, 0) is 48.2 Å². The van der Waals surface area contributed by atoms with Crippen LogP contribution in [0.5, 0.6) is 0 Å². The van der Waals surface area contributed by atoms with E-state index in [9.17, 15) is 9.90 Å². The highest BCUT2D eigenvalue weighted by Gasteiger charge is 2.19. The second kappa shape index (κ2) is 8.45. The van der Waals surface area contributed by atoms with Crippen LogP contribution < -0.4 is 11.1 Å². The lowest BCUT2D eigenvalue weighted by Gasteiger charge is -2.17. The zero-order chi connectivity index (χ0) is 16.1. The molecular formula is C16H18ClN3O2S. The molecular weight excluding hydrogens is 334 g/mol. The van der Waals surface area contributed by atoms with Crippen LogP contribution in [0.1, 0.15) is 17.2 Å². The molecule has 0 aliphatic heterocycles. The predicted octanol–water partition coefficient (Wildman–Crippen LogP) is 3.35. The Morgan fingerprint density at radius 3 is 2.43 bits per heavy atom. The first-order valence-corrected chi connectivity index (χ1v) is 7.81. The minimum absolute atomic E-state index is 0. The minimum atomic E-state index is -0.950. The minimum Gasteiger partial charge on any atom is -0.479 e. The first-order chi connectivity index (χ1) is 10.5. The first-order valence-electron chi connectivity index (χ1n) is 6.59. The van der Waals surface area contributed by atoms with Crippen LogP contribution >= 0.6 is 24.2 Å². The van der Waals surface area contributed by atoms with Crippen molar-refractivity contribution in [3.63, 3.8) is 0 Å². The SMILES string of the molecule is CSc1cccc(C(Nc2ccc(C(=N)N)cc2)C(=O)O)c1.Cl. The molecule has 0 radical (unpaired) electrons. The molecule has 0 heterocycles. The van der Waals surface area contributed by atoms with E-state index in [-0.39, 0.29) is 18.2 Å². The number of rotatable bonds is 6. The number of nitrogen functional groups attached to an aromatic ring is 1. The van der Waals surface area contributed by atoms with Crippen molar-refractivity contribution in [2.24, 2.45) is 5.73 Å². The zero-order valence-electron chi connectivity index (χ0n) is 12.4. The Labute approximate surface area is 145 Å². The fourth-order valence-electron chi connectivity index (χ4n) is 2.02. The van der Waals surface area contributed by atoms with Crippen LogP contribution in [0.4, 0.5) is 5.69 Å². The fraction of sp³-hybridized carbons (Fsp3) is 0.125. The average Bonchev–Trinajstić information content (AvgIpc) is 2.52. The summed E-state index contributed by atoms with van der Waals surface area (Å²) >= 11 is 1.57. The molecule has 0 saturated carbocycles. The third-order valence-electron chi connectivity index (χ3n) is 3.18. The van der Waals surface area contributed by atoms with E-state index in [1.807, 2.05) is 24.5 Å². The summed E-state index contributed by atoms with van der Waals surface area (Å²) < 4.78 is 0. The Morgan fingerprint density at radius 1 is 1.26 bits per heavy atom. The first kappa shape index (κ1) is 18.9. The number of benzene rings is 2. The Bertz CT molecular complexity index is 692. The Kier molecular flexibility index (Phi) is 6.93. The van der Waals surface area contributed by atoms with Crippen molar-refractivity contribution < 1.29 is 9.90 Å². The number of carboxylic acids is 1. The van der Waals surface area contributed by atoms with Crippen molar-refractivity contribution >= 4 is 41.7 Å². The largest absolute Gasteiger partial charge is 0.479 e. The van der Waals surface area contributed by atoms with Crippen LogP contribution in [-0.2, 0) is 4.79 Å². The summed E-state index contributed by atoms with van der Waals surface area (Å²) in [5.41, 5.74) is 7.35. The van der Waals surface area contributed by atoms with E-state index >= 15 is 0 Å². The van der Waals surface area contributed by atoms with Gasteiger partial charge < -0.3 is 16.2 Å². The molecule has 5 N–H and O–H groups in total. The van der Waals surface area contributed by atoms with E-state index in [1.54, 1.807) is 42.1 Å². The van der Waals surface area contributed by atoms with E-state index < -0.39 is 12.0 Å². The Balaban J connectivity index is 0.00000264. The van der Waals surface area contributed by atoms with Gasteiger partial charge in [-0.2, -0.15) is 0 Å². The highest BCUT2D eigenvalue weighted by atomic mass is 35.5. The number of hydrogen-bond acceptors (Lipinski definition) is 4. The molecule has 1 atom stereocenters. The van der Waals surface area contributed by atoms with Gasteiger partial charge >= 0.3 is 5.97 Å². The van der Waals surface area contributed by atoms with Gasteiger partial charge in [-0.1, -0.05) is 12.1 Å². The monoisotopic (exact) mass is 351 g/mol. The summed E-state index contributed by atoms with van der Waals surface area (Å²) in [6, 6.07) is 13.4. The highest BCUT2D eigenvalue weighted by molar-refractivity contribution is 7.98. The third kappa shape index (κ3) is 4.91. The number of amidine groups is 1. The lowest BCUT2D eigenvalue weighted by molar-refractivity contribution is -0.138. The molecule has 0 fully saturated rings. The molecule has 122 valence electrons. The van der Waals surface area contributed by atoms with Gasteiger partial charge in [0.15, 0.2) is 6.04 Å². The van der Waals surface area contributed by atoms with Gasteiger partial charge in [0.05, 0.1) is 0 Å². The molecule has 0 aromatic heterocycles. The number of anilines is 1. The second-order valence-electron chi connectivity index (χ2n) is 4.68. The average molecular weight is 352 g/mol. The summed E-state index contributed by atoms with van der Waals surface area (Å²) in [6.07, 6.45) is 1.95. The van der Waals surface area contributed by atoms with Crippen molar-refractivity contribution in [3.8, 4) is 0 Å². The second-order valence-corrected chi connectivity index (χ2v) is 5.56. The molecule has 7 heteroatoms. The Morgan fingerprint density at radius 2 is 1.91 bits per heavy atom. The third-order valence-corrected chi connectivity index (χ3v) is 3.91.